The highest BCUT2D eigenvalue weighted by Crippen LogP contribution is 2.31. The molecule has 0 saturated carbocycles. The number of nitrogens with one attached hydrogen (secondary N) is 1. The summed E-state index contributed by atoms with van der Waals surface area (Å²) < 4.78 is 5.55. The Balaban J connectivity index is 1.60. The van der Waals surface area contributed by atoms with Crippen LogP contribution in [-0.4, -0.2) is 52.1 Å². The van der Waals surface area contributed by atoms with E-state index in [1.165, 1.54) is 0 Å². The summed E-state index contributed by atoms with van der Waals surface area (Å²) >= 11 is 0. The van der Waals surface area contributed by atoms with Gasteiger partial charge in [0.15, 0.2) is 0 Å². The van der Waals surface area contributed by atoms with Gasteiger partial charge in [-0.05, 0) is 43.9 Å². The van der Waals surface area contributed by atoms with E-state index in [0.717, 1.165) is 67.7 Å². The summed E-state index contributed by atoms with van der Waals surface area (Å²) in [7, 11) is 0. The molecule has 0 bridgehead atoms. The fourth-order valence-electron chi connectivity index (χ4n) is 3.91. The van der Waals surface area contributed by atoms with Crippen molar-refractivity contribution in [2.75, 3.05) is 31.6 Å². The van der Waals surface area contributed by atoms with Crippen molar-refractivity contribution >= 4 is 17.5 Å². The van der Waals surface area contributed by atoms with E-state index in [-0.39, 0.29) is 11.8 Å². The van der Waals surface area contributed by atoms with Crippen LogP contribution < -0.4 is 5.32 Å². The smallest absolute Gasteiger partial charge is 0.219 e. The maximum absolute atomic E-state index is 11.6. The molecule has 28 heavy (non-hydrogen) atoms. The Hall–Kier alpha value is -2.54. The molecule has 4 rings (SSSR count). The third-order valence-electron chi connectivity index (χ3n) is 5.59. The van der Waals surface area contributed by atoms with Crippen LogP contribution in [0.3, 0.4) is 0 Å². The molecule has 0 aromatic carbocycles. The number of nitrogens with zero attached hydrogens (tertiary/aromatic N) is 4. The van der Waals surface area contributed by atoms with Gasteiger partial charge in [0.25, 0.3) is 0 Å². The van der Waals surface area contributed by atoms with E-state index in [1.807, 2.05) is 30.0 Å². The first-order valence-corrected chi connectivity index (χ1v) is 10.0. The Morgan fingerprint density at radius 3 is 2.64 bits per heavy atom. The number of hydrogen-bond acceptors (Lipinski definition) is 6. The molecule has 1 unspecified atom stereocenters. The van der Waals surface area contributed by atoms with Crippen LogP contribution in [0.5, 0.6) is 0 Å². The average molecular weight is 381 g/mol. The minimum atomic E-state index is 0.151. The number of hydrogen-bond donors (Lipinski definition) is 1. The number of ether oxygens (including phenoxy) is 1. The average Bonchev–Trinajstić information content (AvgIpc) is 3.23. The van der Waals surface area contributed by atoms with Crippen molar-refractivity contribution in [3.05, 3.63) is 41.5 Å². The molecule has 1 amide bonds. The van der Waals surface area contributed by atoms with Crippen LogP contribution in [0.4, 0.5) is 11.6 Å². The van der Waals surface area contributed by atoms with Crippen molar-refractivity contribution in [2.45, 2.75) is 44.9 Å². The SMILES string of the molecule is CC(=O)N1CCC(c2cc(Nc3cc(C)ccn3)nc(C3CCOC3)n2)CC1. The number of piperidine rings is 1. The molecule has 0 aliphatic carbocycles. The van der Waals surface area contributed by atoms with Gasteiger partial charge < -0.3 is 15.0 Å². The number of carbonyl (C=O) groups is 1. The highest BCUT2D eigenvalue weighted by Gasteiger charge is 2.26. The van der Waals surface area contributed by atoms with Crippen LogP contribution >= 0.6 is 0 Å². The largest absolute Gasteiger partial charge is 0.381 e. The summed E-state index contributed by atoms with van der Waals surface area (Å²) in [5.41, 5.74) is 2.20. The third kappa shape index (κ3) is 4.30. The molecule has 1 atom stereocenters. The van der Waals surface area contributed by atoms with Crippen LogP contribution in [0.2, 0.25) is 0 Å². The standard InChI is InChI=1S/C21H27N5O2/c1-14-3-7-22-19(11-14)24-20-12-18(16-4-8-26(9-5-16)15(2)27)23-21(25-20)17-6-10-28-13-17/h3,7,11-12,16-17H,4-6,8-10,13H2,1-2H3,(H,22,23,24,25). The molecule has 2 saturated heterocycles. The van der Waals surface area contributed by atoms with Crippen LogP contribution in [0.25, 0.3) is 0 Å². The van der Waals surface area contributed by atoms with Gasteiger partial charge in [-0.1, -0.05) is 0 Å². The molecule has 0 radical (unpaired) electrons. The van der Waals surface area contributed by atoms with Gasteiger partial charge >= 0.3 is 0 Å². The van der Waals surface area contributed by atoms with E-state index in [9.17, 15) is 4.79 Å². The molecule has 7 nitrogen and oxygen atoms in total. The zero-order valence-electron chi connectivity index (χ0n) is 16.5. The Morgan fingerprint density at radius 2 is 1.96 bits per heavy atom. The summed E-state index contributed by atoms with van der Waals surface area (Å²) in [5, 5.41) is 3.35. The molecular weight excluding hydrogens is 354 g/mol. The second-order valence-electron chi connectivity index (χ2n) is 7.72. The van der Waals surface area contributed by atoms with Crippen molar-refractivity contribution < 1.29 is 9.53 Å². The van der Waals surface area contributed by atoms with Crippen molar-refractivity contribution in [3.63, 3.8) is 0 Å². The molecule has 2 aromatic rings. The maximum Gasteiger partial charge on any atom is 0.219 e. The zero-order valence-corrected chi connectivity index (χ0v) is 16.5. The summed E-state index contributed by atoms with van der Waals surface area (Å²) in [6.45, 7) is 6.69. The summed E-state index contributed by atoms with van der Waals surface area (Å²) in [6.07, 6.45) is 4.61. The van der Waals surface area contributed by atoms with E-state index < -0.39 is 0 Å². The van der Waals surface area contributed by atoms with Crippen LogP contribution in [-0.2, 0) is 9.53 Å². The van der Waals surface area contributed by atoms with Crippen molar-refractivity contribution in [1.82, 2.24) is 19.9 Å². The van der Waals surface area contributed by atoms with Gasteiger partial charge in [-0.15, -0.1) is 0 Å². The molecule has 7 heteroatoms. The summed E-state index contributed by atoms with van der Waals surface area (Å²) in [4.78, 5) is 27.6. The maximum atomic E-state index is 11.6. The lowest BCUT2D eigenvalue weighted by molar-refractivity contribution is -0.129. The topological polar surface area (TPSA) is 80.2 Å². The van der Waals surface area contributed by atoms with Crippen LogP contribution in [0.15, 0.2) is 24.4 Å². The molecule has 148 valence electrons. The van der Waals surface area contributed by atoms with Gasteiger partial charge in [0.2, 0.25) is 5.91 Å². The molecule has 2 aromatic heterocycles. The highest BCUT2D eigenvalue weighted by molar-refractivity contribution is 5.73. The monoisotopic (exact) mass is 381 g/mol. The number of pyridine rings is 1. The molecule has 2 fully saturated rings. The van der Waals surface area contributed by atoms with E-state index in [2.05, 4.69) is 10.3 Å². The summed E-state index contributed by atoms with van der Waals surface area (Å²) in [6, 6.07) is 6.02. The lowest BCUT2D eigenvalue weighted by Gasteiger charge is -2.31. The van der Waals surface area contributed by atoms with Gasteiger partial charge in [-0.25, -0.2) is 15.0 Å². The minimum Gasteiger partial charge on any atom is -0.381 e. The third-order valence-corrected chi connectivity index (χ3v) is 5.59. The Bertz CT molecular complexity index is 842. The highest BCUT2D eigenvalue weighted by atomic mass is 16.5. The number of rotatable bonds is 4. The number of likely N-dealkylation sites (tertiary alicyclic amines) is 1. The molecule has 2 aliphatic rings. The summed E-state index contributed by atoms with van der Waals surface area (Å²) in [5.74, 6) is 3.13. The number of aryl methyl sites for hydroxylation is 1. The van der Waals surface area contributed by atoms with Gasteiger partial charge in [-0.3, -0.25) is 4.79 Å². The first kappa shape index (κ1) is 18.8. The zero-order chi connectivity index (χ0) is 19.5. The van der Waals surface area contributed by atoms with E-state index in [0.29, 0.717) is 12.5 Å². The molecular formula is C21H27N5O2. The molecule has 1 N–H and O–H groups in total. The van der Waals surface area contributed by atoms with Crippen molar-refractivity contribution in [1.29, 1.82) is 0 Å². The second kappa shape index (κ2) is 8.22. The fourth-order valence-corrected chi connectivity index (χ4v) is 3.91. The molecule has 2 aliphatic heterocycles. The minimum absolute atomic E-state index is 0.151. The van der Waals surface area contributed by atoms with E-state index in [1.54, 1.807) is 13.1 Å². The van der Waals surface area contributed by atoms with Gasteiger partial charge in [-0.2, -0.15) is 0 Å². The quantitative estimate of drug-likeness (QED) is 0.876. The predicted octanol–water partition coefficient (Wildman–Crippen LogP) is 3.15. The molecule has 4 heterocycles. The van der Waals surface area contributed by atoms with Gasteiger partial charge in [0, 0.05) is 56.4 Å². The van der Waals surface area contributed by atoms with Crippen LogP contribution in [0, 0.1) is 6.92 Å². The lowest BCUT2D eigenvalue weighted by Crippen LogP contribution is -2.36. The number of aromatic nitrogens is 3. The van der Waals surface area contributed by atoms with Crippen LogP contribution in [0.1, 0.15) is 55.1 Å². The van der Waals surface area contributed by atoms with Crippen molar-refractivity contribution in [3.8, 4) is 0 Å². The Kier molecular flexibility index (Phi) is 5.52. The lowest BCUT2D eigenvalue weighted by atomic mass is 9.93. The van der Waals surface area contributed by atoms with E-state index in [4.69, 9.17) is 14.7 Å². The number of anilines is 2. The van der Waals surface area contributed by atoms with Gasteiger partial charge in [0.05, 0.1) is 6.61 Å². The first-order valence-electron chi connectivity index (χ1n) is 10.0. The normalized spacial score (nSPS) is 20.4. The number of amides is 1. The number of carbonyl (C=O) groups excluding carboxylic acids is 1. The second-order valence-corrected chi connectivity index (χ2v) is 7.72. The Labute approximate surface area is 165 Å². The Morgan fingerprint density at radius 1 is 1.14 bits per heavy atom. The predicted molar refractivity (Wildman–Crippen MR) is 107 cm³/mol. The molecule has 0 spiro atoms. The first-order chi connectivity index (χ1) is 13.6. The fraction of sp³-hybridized carbons (Fsp3) is 0.524. The van der Waals surface area contributed by atoms with Gasteiger partial charge in [0.1, 0.15) is 17.5 Å². The van der Waals surface area contributed by atoms with E-state index >= 15 is 0 Å². The van der Waals surface area contributed by atoms with Crippen molar-refractivity contribution in [2.24, 2.45) is 0 Å².